The van der Waals surface area contributed by atoms with Crippen molar-refractivity contribution in [2.75, 3.05) is 18.1 Å². The molecule has 1 aliphatic carbocycles. The van der Waals surface area contributed by atoms with Gasteiger partial charge >= 0.3 is 0 Å². The van der Waals surface area contributed by atoms with E-state index >= 15 is 0 Å². The molecule has 0 aromatic heterocycles. The first-order valence-electron chi connectivity index (χ1n) is 6.62. The van der Waals surface area contributed by atoms with Crippen molar-refractivity contribution in [3.05, 3.63) is 29.3 Å². The number of halogens is 1. The first-order chi connectivity index (χ1) is 9.14. The molecular weight excluding hydrogens is 262 g/mol. The van der Waals surface area contributed by atoms with Gasteiger partial charge in [0, 0.05) is 17.3 Å². The lowest BCUT2D eigenvalue weighted by molar-refractivity contribution is -0.0306. The smallest absolute Gasteiger partial charge is 0.196 e. The van der Waals surface area contributed by atoms with Crippen LogP contribution >= 0.6 is 11.6 Å². The van der Waals surface area contributed by atoms with E-state index in [1.54, 1.807) is 0 Å². The van der Waals surface area contributed by atoms with Crippen molar-refractivity contribution in [1.82, 2.24) is 0 Å². The van der Waals surface area contributed by atoms with E-state index in [-0.39, 0.29) is 5.54 Å². The average molecular weight is 280 g/mol. The van der Waals surface area contributed by atoms with Gasteiger partial charge in [0.15, 0.2) is 5.96 Å². The molecule has 1 heterocycles. The summed E-state index contributed by atoms with van der Waals surface area (Å²) in [5.41, 5.74) is 7.07. The van der Waals surface area contributed by atoms with Crippen molar-refractivity contribution in [3.63, 3.8) is 0 Å². The number of benzene rings is 1. The van der Waals surface area contributed by atoms with Crippen molar-refractivity contribution in [1.29, 1.82) is 0 Å². The third-order valence-electron chi connectivity index (χ3n) is 3.92. The number of anilines is 1. The maximum atomic E-state index is 6.07. The summed E-state index contributed by atoms with van der Waals surface area (Å²) in [6.07, 6.45) is 2.27. The van der Waals surface area contributed by atoms with Gasteiger partial charge in [-0.15, -0.1) is 0 Å². The zero-order valence-corrected chi connectivity index (χ0v) is 11.7. The van der Waals surface area contributed by atoms with E-state index in [0.29, 0.717) is 17.1 Å². The minimum absolute atomic E-state index is 0.00535. The SMILES string of the molecule is CCOC1CC2(CN=C(N)N2c2cccc(Cl)c2)C1. The Morgan fingerprint density at radius 2 is 2.32 bits per heavy atom. The van der Waals surface area contributed by atoms with Gasteiger partial charge in [-0.25, -0.2) is 0 Å². The fraction of sp³-hybridized carbons (Fsp3) is 0.500. The van der Waals surface area contributed by atoms with Gasteiger partial charge in [0.05, 0.1) is 18.2 Å². The summed E-state index contributed by atoms with van der Waals surface area (Å²) in [5, 5.41) is 0.716. The molecule has 19 heavy (non-hydrogen) atoms. The molecule has 0 atom stereocenters. The summed E-state index contributed by atoms with van der Waals surface area (Å²) in [4.78, 5) is 6.53. The summed E-state index contributed by atoms with van der Waals surface area (Å²) in [6, 6.07) is 7.76. The third kappa shape index (κ3) is 2.09. The third-order valence-corrected chi connectivity index (χ3v) is 4.16. The fourth-order valence-electron chi connectivity index (χ4n) is 3.09. The number of hydrogen-bond donors (Lipinski definition) is 1. The standard InChI is InChI=1S/C14H18ClN3O/c1-2-19-12-7-14(8-12)9-17-13(16)18(14)11-5-3-4-10(15)6-11/h3-6,12H,2,7-9H2,1H3,(H2,16,17). The molecule has 0 amide bonds. The Kier molecular flexibility index (Phi) is 3.15. The largest absolute Gasteiger partial charge is 0.378 e. The lowest BCUT2D eigenvalue weighted by Gasteiger charge is -2.50. The second-order valence-electron chi connectivity index (χ2n) is 5.20. The fourth-order valence-corrected chi connectivity index (χ4v) is 3.27. The monoisotopic (exact) mass is 279 g/mol. The molecule has 5 heteroatoms. The van der Waals surface area contributed by atoms with Crippen LogP contribution in [0, 0.1) is 0 Å². The van der Waals surface area contributed by atoms with Gasteiger partial charge in [0.1, 0.15) is 0 Å². The molecule has 1 aliphatic heterocycles. The van der Waals surface area contributed by atoms with Gasteiger partial charge in [-0.1, -0.05) is 17.7 Å². The molecule has 1 spiro atoms. The number of nitrogens with two attached hydrogens (primary N) is 1. The molecule has 0 bridgehead atoms. The molecule has 0 radical (unpaired) electrons. The minimum atomic E-state index is -0.00535. The Bertz CT molecular complexity index is 511. The maximum Gasteiger partial charge on any atom is 0.196 e. The molecule has 1 aromatic rings. The van der Waals surface area contributed by atoms with Crippen LogP contribution in [0.25, 0.3) is 0 Å². The number of rotatable bonds is 3. The first kappa shape index (κ1) is 12.8. The highest BCUT2D eigenvalue weighted by Gasteiger charge is 2.53. The zero-order chi connectivity index (χ0) is 13.5. The normalized spacial score (nSPS) is 29.5. The summed E-state index contributed by atoms with van der Waals surface area (Å²) >= 11 is 6.07. The highest BCUT2D eigenvalue weighted by molar-refractivity contribution is 6.31. The van der Waals surface area contributed by atoms with Gasteiger partial charge in [0.2, 0.25) is 0 Å². The Hall–Kier alpha value is -1.26. The predicted octanol–water partition coefficient (Wildman–Crippen LogP) is 2.41. The molecule has 102 valence electrons. The lowest BCUT2D eigenvalue weighted by Crippen LogP contribution is -2.62. The number of guanidine groups is 1. The van der Waals surface area contributed by atoms with Crippen LogP contribution in [0.2, 0.25) is 5.02 Å². The molecule has 3 rings (SSSR count). The Labute approximate surface area is 118 Å². The van der Waals surface area contributed by atoms with Crippen molar-refractivity contribution in [2.24, 2.45) is 10.7 Å². The Morgan fingerprint density at radius 1 is 1.53 bits per heavy atom. The lowest BCUT2D eigenvalue weighted by atomic mass is 9.73. The summed E-state index contributed by atoms with van der Waals surface area (Å²) < 4.78 is 5.66. The second-order valence-corrected chi connectivity index (χ2v) is 5.64. The van der Waals surface area contributed by atoms with Gasteiger partial charge in [-0.05, 0) is 38.0 Å². The van der Waals surface area contributed by atoms with E-state index in [0.717, 1.165) is 31.7 Å². The molecule has 1 fully saturated rings. The van der Waals surface area contributed by atoms with E-state index in [1.807, 2.05) is 31.2 Å². The predicted molar refractivity (Wildman–Crippen MR) is 77.8 cm³/mol. The molecule has 2 N–H and O–H groups in total. The molecule has 0 unspecified atom stereocenters. The molecule has 1 saturated carbocycles. The van der Waals surface area contributed by atoms with Crippen LogP contribution in [-0.2, 0) is 4.74 Å². The quantitative estimate of drug-likeness (QED) is 0.924. The Morgan fingerprint density at radius 3 is 3.00 bits per heavy atom. The van der Waals surface area contributed by atoms with E-state index in [4.69, 9.17) is 22.1 Å². The van der Waals surface area contributed by atoms with Crippen LogP contribution in [0.4, 0.5) is 5.69 Å². The number of nitrogens with zero attached hydrogens (tertiary/aromatic N) is 2. The molecule has 2 aliphatic rings. The first-order valence-corrected chi connectivity index (χ1v) is 7.00. The summed E-state index contributed by atoms with van der Waals surface area (Å²) in [6.45, 7) is 3.53. The average Bonchev–Trinajstić information content (AvgIpc) is 2.67. The van der Waals surface area contributed by atoms with Gasteiger partial charge < -0.3 is 15.4 Å². The van der Waals surface area contributed by atoms with Gasteiger partial charge in [0.25, 0.3) is 0 Å². The number of hydrogen-bond acceptors (Lipinski definition) is 4. The van der Waals surface area contributed by atoms with Crippen molar-refractivity contribution in [2.45, 2.75) is 31.4 Å². The highest BCUT2D eigenvalue weighted by atomic mass is 35.5. The zero-order valence-electron chi connectivity index (χ0n) is 11.0. The number of ether oxygens (including phenoxy) is 1. The summed E-state index contributed by atoms with van der Waals surface area (Å²) in [5.74, 6) is 0.581. The van der Waals surface area contributed by atoms with Crippen LogP contribution < -0.4 is 10.6 Å². The van der Waals surface area contributed by atoms with Crippen LogP contribution in [0.1, 0.15) is 19.8 Å². The van der Waals surface area contributed by atoms with Crippen LogP contribution in [0.3, 0.4) is 0 Å². The van der Waals surface area contributed by atoms with Crippen molar-refractivity contribution in [3.8, 4) is 0 Å². The molecule has 1 aromatic carbocycles. The summed E-state index contributed by atoms with van der Waals surface area (Å²) in [7, 11) is 0. The van der Waals surface area contributed by atoms with Crippen molar-refractivity contribution >= 4 is 23.2 Å². The molecule has 0 saturated heterocycles. The topological polar surface area (TPSA) is 50.9 Å². The van der Waals surface area contributed by atoms with Gasteiger partial charge in [-0.3, -0.25) is 4.99 Å². The van der Waals surface area contributed by atoms with Crippen LogP contribution in [0.5, 0.6) is 0 Å². The van der Waals surface area contributed by atoms with Crippen LogP contribution in [-0.4, -0.2) is 30.8 Å². The van der Waals surface area contributed by atoms with Crippen LogP contribution in [0.15, 0.2) is 29.3 Å². The highest BCUT2D eigenvalue weighted by Crippen LogP contribution is 2.45. The van der Waals surface area contributed by atoms with Gasteiger partial charge in [-0.2, -0.15) is 0 Å². The maximum absolute atomic E-state index is 6.07. The number of aliphatic imine (C=N–C) groups is 1. The van der Waals surface area contributed by atoms with E-state index in [1.165, 1.54) is 0 Å². The minimum Gasteiger partial charge on any atom is -0.378 e. The van der Waals surface area contributed by atoms with E-state index in [2.05, 4.69) is 9.89 Å². The second kappa shape index (κ2) is 4.69. The van der Waals surface area contributed by atoms with Crippen molar-refractivity contribution < 1.29 is 4.74 Å². The van der Waals surface area contributed by atoms with E-state index in [9.17, 15) is 0 Å². The van der Waals surface area contributed by atoms with E-state index < -0.39 is 0 Å². The molecule has 4 nitrogen and oxygen atoms in total. The Balaban J connectivity index is 1.84. The molecular formula is C14H18ClN3O.